The third-order valence-electron chi connectivity index (χ3n) is 2.76. The summed E-state index contributed by atoms with van der Waals surface area (Å²) in [6, 6.07) is 5.71. The highest BCUT2D eigenvalue weighted by molar-refractivity contribution is 5.83. The highest BCUT2D eigenvalue weighted by Crippen LogP contribution is 2.24. The molecule has 1 aromatic carbocycles. The second kappa shape index (κ2) is 6.78. The molecule has 19 heavy (non-hydrogen) atoms. The third kappa shape index (κ3) is 4.62. The van der Waals surface area contributed by atoms with E-state index >= 15 is 0 Å². The van der Waals surface area contributed by atoms with Gasteiger partial charge in [-0.05, 0) is 17.5 Å². The second-order valence-electron chi connectivity index (χ2n) is 4.57. The average Bonchev–Trinajstić information content (AvgIpc) is 2.36. The lowest BCUT2D eigenvalue weighted by Crippen LogP contribution is -2.30. The van der Waals surface area contributed by atoms with Gasteiger partial charge in [-0.15, -0.1) is 0 Å². The Kier molecular flexibility index (Phi) is 5.36. The number of carboxylic acids is 1. The van der Waals surface area contributed by atoms with Crippen molar-refractivity contribution in [1.29, 1.82) is 0 Å². The minimum atomic E-state index is -1.06. The zero-order valence-corrected chi connectivity index (χ0v) is 11.4. The Bertz CT molecular complexity index is 469. The van der Waals surface area contributed by atoms with Crippen molar-refractivity contribution in [3.05, 3.63) is 29.3 Å². The van der Waals surface area contributed by atoms with Crippen LogP contribution in [0.5, 0.6) is 5.75 Å². The fourth-order valence-electron chi connectivity index (χ4n) is 1.71. The van der Waals surface area contributed by atoms with Gasteiger partial charge in [0, 0.05) is 5.56 Å². The molecule has 0 spiro atoms. The number of hydrogen-bond acceptors (Lipinski definition) is 3. The van der Waals surface area contributed by atoms with E-state index in [2.05, 4.69) is 19.2 Å². The minimum absolute atomic E-state index is 0.108. The molecule has 0 heterocycles. The van der Waals surface area contributed by atoms with Gasteiger partial charge in [-0.25, -0.2) is 0 Å². The number of hydrogen-bond donors (Lipinski definition) is 2. The normalized spacial score (nSPS) is 10.3. The molecule has 5 heteroatoms. The van der Waals surface area contributed by atoms with Crippen LogP contribution in [0, 0.1) is 0 Å². The predicted molar refractivity (Wildman–Crippen MR) is 71.4 cm³/mol. The zero-order chi connectivity index (χ0) is 14.4. The van der Waals surface area contributed by atoms with Crippen LogP contribution in [-0.4, -0.2) is 30.6 Å². The van der Waals surface area contributed by atoms with Gasteiger partial charge in [0.1, 0.15) is 12.3 Å². The number of benzene rings is 1. The molecule has 5 nitrogen and oxygen atoms in total. The Morgan fingerprint density at radius 3 is 2.58 bits per heavy atom. The van der Waals surface area contributed by atoms with Crippen LogP contribution in [0.1, 0.15) is 30.9 Å². The van der Waals surface area contributed by atoms with Crippen LogP contribution >= 0.6 is 0 Å². The summed E-state index contributed by atoms with van der Waals surface area (Å²) < 4.78 is 5.21. The first kappa shape index (κ1) is 15.0. The largest absolute Gasteiger partial charge is 0.496 e. The molecule has 0 unspecified atom stereocenters. The van der Waals surface area contributed by atoms with Crippen LogP contribution in [0.3, 0.4) is 0 Å². The third-order valence-corrected chi connectivity index (χ3v) is 2.76. The molecule has 104 valence electrons. The number of amides is 1. The Labute approximate surface area is 112 Å². The first-order chi connectivity index (χ1) is 8.93. The monoisotopic (exact) mass is 265 g/mol. The van der Waals surface area contributed by atoms with Gasteiger partial charge < -0.3 is 15.2 Å². The summed E-state index contributed by atoms with van der Waals surface area (Å²) in [5, 5.41) is 10.8. The molecular formula is C14H19NO4. The van der Waals surface area contributed by atoms with Crippen LogP contribution in [0.25, 0.3) is 0 Å². The fourth-order valence-corrected chi connectivity index (χ4v) is 1.71. The lowest BCUT2D eigenvalue weighted by atomic mass is 9.99. The predicted octanol–water partition coefficient (Wildman–Crippen LogP) is 1.56. The van der Waals surface area contributed by atoms with Gasteiger partial charge in [0.05, 0.1) is 13.5 Å². The zero-order valence-electron chi connectivity index (χ0n) is 11.4. The van der Waals surface area contributed by atoms with Gasteiger partial charge >= 0.3 is 5.97 Å². The number of aliphatic carboxylic acids is 1. The SMILES string of the molecule is COc1ccc(C(C)C)cc1CC(=O)NCC(=O)O. The topological polar surface area (TPSA) is 75.6 Å². The van der Waals surface area contributed by atoms with E-state index in [1.54, 1.807) is 7.11 Å². The van der Waals surface area contributed by atoms with E-state index in [-0.39, 0.29) is 18.9 Å². The van der Waals surface area contributed by atoms with Crippen LogP contribution in [0.15, 0.2) is 18.2 Å². The average molecular weight is 265 g/mol. The van der Waals surface area contributed by atoms with Gasteiger partial charge in [-0.2, -0.15) is 0 Å². The van der Waals surface area contributed by atoms with E-state index in [1.165, 1.54) is 0 Å². The van der Waals surface area contributed by atoms with Crippen molar-refractivity contribution in [2.24, 2.45) is 0 Å². The Balaban J connectivity index is 2.82. The molecule has 0 fully saturated rings. The maximum Gasteiger partial charge on any atom is 0.322 e. The number of carbonyl (C=O) groups is 2. The summed E-state index contributed by atoms with van der Waals surface area (Å²) >= 11 is 0. The Hall–Kier alpha value is -2.04. The molecule has 0 atom stereocenters. The number of carboxylic acid groups (broad SMARTS) is 1. The summed E-state index contributed by atoms with van der Waals surface area (Å²) in [6.07, 6.45) is 0.108. The number of rotatable bonds is 6. The molecule has 1 rings (SSSR count). The first-order valence-electron chi connectivity index (χ1n) is 6.09. The molecule has 0 saturated heterocycles. The van der Waals surface area contributed by atoms with E-state index in [0.717, 1.165) is 11.1 Å². The van der Waals surface area contributed by atoms with Gasteiger partial charge in [-0.3, -0.25) is 9.59 Å². The van der Waals surface area contributed by atoms with E-state index in [4.69, 9.17) is 9.84 Å². The van der Waals surface area contributed by atoms with E-state index in [9.17, 15) is 9.59 Å². The van der Waals surface area contributed by atoms with Crippen molar-refractivity contribution in [3.8, 4) is 5.75 Å². The highest BCUT2D eigenvalue weighted by atomic mass is 16.5. The minimum Gasteiger partial charge on any atom is -0.496 e. The molecule has 2 N–H and O–H groups in total. The quantitative estimate of drug-likeness (QED) is 0.818. The van der Waals surface area contributed by atoms with Crippen LogP contribution in [0.4, 0.5) is 0 Å². The van der Waals surface area contributed by atoms with Crippen LogP contribution < -0.4 is 10.1 Å². The summed E-state index contributed by atoms with van der Waals surface area (Å²) in [5.74, 6) is -0.403. The van der Waals surface area contributed by atoms with Crippen LogP contribution in [-0.2, 0) is 16.0 Å². The van der Waals surface area contributed by atoms with Crippen molar-refractivity contribution in [3.63, 3.8) is 0 Å². The molecule has 1 amide bonds. The molecular weight excluding hydrogens is 246 g/mol. The summed E-state index contributed by atoms with van der Waals surface area (Å²) in [5.41, 5.74) is 1.87. The van der Waals surface area contributed by atoms with Gasteiger partial charge in [0.2, 0.25) is 5.91 Å². The van der Waals surface area contributed by atoms with Crippen molar-refractivity contribution >= 4 is 11.9 Å². The fraction of sp³-hybridized carbons (Fsp3) is 0.429. The highest BCUT2D eigenvalue weighted by Gasteiger charge is 2.11. The molecule has 0 radical (unpaired) electrons. The standard InChI is InChI=1S/C14H19NO4/c1-9(2)10-4-5-12(19-3)11(6-10)7-13(16)15-8-14(17)18/h4-6,9H,7-8H2,1-3H3,(H,15,16)(H,17,18). The molecule has 0 aromatic heterocycles. The Morgan fingerprint density at radius 1 is 1.37 bits per heavy atom. The van der Waals surface area contributed by atoms with Gasteiger partial charge in [0.15, 0.2) is 0 Å². The second-order valence-corrected chi connectivity index (χ2v) is 4.57. The smallest absolute Gasteiger partial charge is 0.322 e. The number of ether oxygens (including phenoxy) is 1. The Morgan fingerprint density at radius 2 is 2.05 bits per heavy atom. The first-order valence-corrected chi connectivity index (χ1v) is 6.09. The summed E-state index contributed by atoms with van der Waals surface area (Å²) in [6.45, 7) is 3.76. The number of carbonyl (C=O) groups excluding carboxylic acids is 1. The van der Waals surface area contributed by atoms with Gasteiger partial charge in [0.25, 0.3) is 0 Å². The van der Waals surface area contributed by atoms with E-state index < -0.39 is 5.97 Å². The summed E-state index contributed by atoms with van der Waals surface area (Å²) in [7, 11) is 1.54. The lowest BCUT2D eigenvalue weighted by molar-refractivity contribution is -0.137. The molecule has 0 aliphatic heterocycles. The van der Waals surface area contributed by atoms with Crippen LogP contribution in [0.2, 0.25) is 0 Å². The molecule has 0 aliphatic rings. The van der Waals surface area contributed by atoms with E-state index in [1.807, 2.05) is 18.2 Å². The molecule has 0 bridgehead atoms. The maximum absolute atomic E-state index is 11.6. The molecule has 0 saturated carbocycles. The van der Waals surface area contributed by atoms with Gasteiger partial charge in [-0.1, -0.05) is 26.0 Å². The molecule has 0 aliphatic carbocycles. The van der Waals surface area contributed by atoms with Crippen molar-refractivity contribution in [2.45, 2.75) is 26.2 Å². The maximum atomic E-state index is 11.6. The number of methoxy groups -OCH3 is 1. The number of nitrogens with one attached hydrogen (secondary N) is 1. The lowest BCUT2D eigenvalue weighted by Gasteiger charge is -2.12. The van der Waals surface area contributed by atoms with E-state index in [0.29, 0.717) is 11.7 Å². The molecule has 1 aromatic rings. The van der Waals surface area contributed by atoms with Crippen molar-refractivity contribution < 1.29 is 19.4 Å². The van der Waals surface area contributed by atoms with Crippen molar-refractivity contribution in [1.82, 2.24) is 5.32 Å². The van der Waals surface area contributed by atoms with Crippen molar-refractivity contribution in [2.75, 3.05) is 13.7 Å². The summed E-state index contributed by atoms with van der Waals surface area (Å²) in [4.78, 5) is 22.0.